The zero-order valence-electron chi connectivity index (χ0n) is 11.8. The van der Waals surface area contributed by atoms with Crippen LogP contribution in [0.4, 0.5) is 13.2 Å². The molecular weight excluding hydrogens is 299 g/mol. The van der Waals surface area contributed by atoms with Crippen LogP contribution >= 0.6 is 11.5 Å². The Hall–Kier alpha value is -1.47. The lowest BCUT2D eigenvalue weighted by Crippen LogP contribution is -2.24. The lowest BCUT2D eigenvalue weighted by Gasteiger charge is -2.19. The predicted octanol–water partition coefficient (Wildman–Crippen LogP) is 3.61. The number of halogens is 3. The van der Waals surface area contributed by atoms with Gasteiger partial charge in [-0.25, -0.2) is 13.2 Å². The summed E-state index contributed by atoms with van der Waals surface area (Å²) in [6, 6.07) is 1.63. The average molecular weight is 315 g/mol. The minimum absolute atomic E-state index is 0.0723. The summed E-state index contributed by atoms with van der Waals surface area (Å²) in [6.45, 7) is 4.50. The molecule has 7 heteroatoms. The van der Waals surface area contributed by atoms with Gasteiger partial charge in [0.1, 0.15) is 0 Å². The summed E-state index contributed by atoms with van der Waals surface area (Å²) in [5.41, 5.74) is 0.806. The van der Waals surface area contributed by atoms with Crippen molar-refractivity contribution in [1.29, 1.82) is 0 Å². The van der Waals surface area contributed by atoms with Crippen molar-refractivity contribution in [3.05, 3.63) is 45.7 Å². The SMILES string of the molecule is CCCNC(c1ccc(F)c(F)c1F)c1snnc1CC. The van der Waals surface area contributed by atoms with E-state index in [2.05, 4.69) is 14.9 Å². The van der Waals surface area contributed by atoms with Gasteiger partial charge < -0.3 is 5.32 Å². The van der Waals surface area contributed by atoms with Crippen LogP contribution in [0.25, 0.3) is 0 Å². The first kappa shape index (κ1) is 15.9. The Morgan fingerprint density at radius 2 is 1.95 bits per heavy atom. The second-order valence-electron chi connectivity index (χ2n) is 4.59. The topological polar surface area (TPSA) is 37.8 Å². The number of hydrogen-bond donors (Lipinski definition) is 1. The number of hydrogen-bond acceptors (Lipinski definition) is 4. The zero-order chi connectivity index (χ0) is 15.4. The molecule has 0 aliphatic carbocycles. The van der Waals surface area contributed by atoms with Gasteiger partial charge in [0, 0.05) is 5.56 Å². The Balaban J connectivity index is 2.48. The van der Waals surface area contributed by atoms with Crippen LogP contribution in [0.5, 0.6) is 0 Å². The van der Waals surface area contributed by atoms with Crippen LogP contribution in [0.3, 0.4) is 0 Å². The van der Waals surface area contributed by atoms with E-state index in [0.29, 0.717) is 13.0 Å². The van der Waals surface area contributed by atoms with Gasteiger partial charge in [-0.05, 0) is 37.0 Å². The monoisotopic (exact) mass is 315 g/mol. The summed E-state index contributed by atoms with van der Waals surface area (Å²) in [4.78, 5) is 0.732. The Morgan fingerprint density at radius 3 is 2.62 bits per heavy atom. The minimum atomic E-state index is -1.45. The van der Waals surface area contributed by atoms with E-state index in [1.807, 2.05) is 13.8 Å². The van der Waals surface area contributed by atoms with E-state index < -0.39 is 23.5 Å². The third kappa shape index (κ3) is 3.24. The Bertz CT molecular complexity index is 616. The van der Waals surface area contributed by atoms with E-state index >= 15 is 0 Å². The first-order valence-electron chi connectivity index (χ1n) is 6.78. The zero-order valence-corrected chi connectivity index (χ0v) is 12.6. The maximum Gasteiger partial charge on any atom is 0.194 e. The highest BCUT2D eigenvalue weighted by molar-refractivity contribution is 7.05. The first-order valence-corrected chi connectivity index (χ1v) is 7.55. The van der Waals surface area contributed by atoms with Crippen molar-refractivity contribution >= 4 is 11.5 Å². The van der Waals surface area contributed by atoms with E-state index in [4.69, 9.17) is 0 Å². The molecule has 0 fully saturated rings. The van der Waals surface area contributed by atoms with Crippen molar-refractivity contribution in [2.45, 2.75) is 32.7 Å². The third-order valence-electron chi connectivity index (χ3n) is 3.16. The molecule has 0 radical (unpaired) electrons. The fraction of sp³-hybridized carbons (Fsp3) is 0.429. The number of aromatic nitrogens is 2. The summed E-state index contributed by atoms with van der Waals surface area (Å²) in [6.07, 6.45) is 1.47. The van der Waals surface area contributed by atoms with Crippen molar-refractivity contribution in [3.8, 4) is 0 Å². The maximum absolute atomic E-state index is 14.1. The fourth-order valence-electron chi connectivity index (χ4n) is 2.08. The number of rotatable bonds is 6. The largest absolute Gasteiger partial charge is 0.305 e. The van der Waals surface area contributed by atoms with Crippen molar-refractivity contribution in [2.24, 2.45) is 0 Å². The van der Waals surface area contributed by atoms with Gasteiger partial charge in [-0.15, -0.1) is 5.10 Å². The second kappa shape index (κ2) is 7.00. The molecule has 1 aromatic carbocycles. The van der Waals surface area contributed by atoms with Crippen LogP contribution in [0.1, 0.15) is 42.4 Å². The van der Waals surface area contributed by atoms with Crippen LogP contribution < -0.4 is 5.32 Å². The molecule has 0 saturated carbocycles. The predicted molar refractivity (Wildman–Crippen MR) is 75.7 cm³/mol. The highest BCUT2D eigenvalue weighted by Crippen LogP contribution is 2.30. The highest BCUT2D eigenvalue weighted by Gasteiger charge is 2.25. The van der Waals surface area contributed by atoms with E-state index in [1.165, 1.54) is 6.07 Å². The van der Waals surface area contributed by atoms with E-state index in [0.717, 1.165) is 34.6 Å². The maximum atomic E-state index is 14.1. The normalized spacial score (nSPS) is 12.6. The molecule has 0 saturated heterocycles. The van der Waals surface area contributed by atoms with Crippen LogP contribution in [0.2, 0.25) is 0 Å². The van der Waals surface area contributed by atoms with Crippen LogP contribution in [-0.4, -0.2) is 16.1 Å². The lowest BCUT2D eigenvalue weighted by molar-refractivity contribution is 0.432. The van der Waals surface area contributed by atoms with Gasteiger partial charge in [0.15, 0.2) is 17.5 Å². The molecule has 0 spiro atoms. The van der Waals surface area contributed by atoms with Crippen molar-refractivity contribution in [3.63, 3.8) is 0 Å². The van der Waals surface area contributed by atoms with Crippen LogP contribution in [0.15, 0.2) is 12.1 Å². The lowest BCUT2D eigenvalue weighted by atomic mass is 10.0. The van der Waals surface area contributed by atoms with E-state index in [1.54, 1.807) is 0 Å². The van der Waals surface area contributed by atoms with Gasteiger partial charge in [0.05, 0.1) is 16.6 Å². The number of aryl methyl sites for hydroxylation is 1. The van der Waals surface area contributed by atoms with Crippen molar-refractivity contribution < 1.29 is 13.2 Å². The minimum Gasteiger partial charge on any atom is -0.305 e. The summed E-state index contributed by atoms with van der Waals surface area (Å²) in [7, 11) is 0. The number of nitrogens with zero attached hydrogens (tertiary/aromatic N) is 2. The Kier molecular flexibility index (Phi) is 5.30. The standard InChI is InChI=1S/C14H16F3N3S/c1-3-7-18-13(14-10(4-2)19-20-21-14)8-5-6-9(15)12(17)11(8)16/h5-6,13,18H,3-4,7H2,1-2H3. The quantitative estimate of drug-likeness (QED) is 0.828. The van der Waals surface area contributed by atoms with Crippen molar-refractivity contribution in [2.75, 3.05) is 6.54 Å². The first-order chi connectivity index (χ1) is 10.1. The summed E-state index contributed by atoms with van der Waals surface area (Å²) in [5, 5.41) is 7.15. The van der Waals surface area contributed by atoms with Crippen LogP contribution in [-0.2, 0) is 6.42 Å². The molecule has 0 bridgehead atoms. The third-order valence-corrected chi connectivity index (χ3v) is 3.99. The van der Waals surface area contributed by atoms with E-state index in [9.17, 15) is 13.2 Å². The van der Waals surface area contributed by atoms with Gasteiger partial charge in [0.2, 0.25) is 0 Å². The summed E-state index contributed by atoms with van der Waals surface area (Å²) in [5.74, 6) is -3.81. The Morgan fingerprint density at radius 1 is 1.19 bits per heavy atom. The molecule has 0 aliphatic heterocycles. The second-order valence-corrected chi connectivity index (χ2v) is 5.37. The molecule has 21 heavy (non-hydrogen) atoms. The molecular formula is C14H16F3N3S. The molecule has 3 nitrogen and oxygen atoms in total. The van der Waals surface area contributed by atoms with Crippen molar-refractivity contribution in [1.82, 2.24) is 14.9 Å². The summed E-state index contributed by atoms with van der Waals surface area (Å²) < 4.78 is 44.6. The molecule has 1 heterocycles. The van der Waals surface area contributed by atoms with Gasteiger partial charge >= 0.3 is 0 Å². The Labute approximate surface area is 125 Å². The van der Waals surface area contributed by atoms with Crippen LogP contribution in [0, 0.1) is 17.5 Å². The summed E-state index contributed by atoms with van der Waals surface area (Å²) >= 11 is 1.14. The van der Waals surface area contributed by atoms with E-state index in [-0.39, 0.29) is 5.56 Å². The number of benzene rings is 1. The molecule has 1 N–H and O–H groups in total. The van der Waals surface area contributed by atoms with Gasteiger partial charge in [-0.1, -0.05) is 24.4 Å². The van der Waals surface area contributed by atoms with Gasteiger partial charge in [0.25, 0.3) is 0 Å². The molecule has 1 aromatic heterocycles. The smallest absolute Gasteiger partial charge is 0.194 e. The fourth-order valence-corrected chi connectivity index (χ4v) is 2.91. The molecule has 1 unspecified atom stereocenters. The number of nitrogens with one attached hydrogen (secondary N) is 1. The van der Waals surface area contributed by atoms with Gasteiger partial charge in [-0.3, -0.25) is 0 Å². The molecule has 0 aliphatic rings. The molecule has 2 rings (SSSR count). The van der Waals surface area contributed by atoms with Gasteiger partial charge in [-0.2, -0.15) is 0 Å². The molecule has 0 amide bonds. The average Bonchev–Trinajstić information content (AvgIpc) is 2.95. The highest BCUT2D eigenvalue weighted by atomic mass is 32.1. The molecule has 2 aromatic rings. The molecule has 1 atom stereocenters. The molecule has 114 valence electrons.